The van der Waals surface area contributed by atoms with Gasteiger partial charge in [-0.1, -0.05) is 19.8 Å². The van der Waals surface area contributed by atoms with Crippen molar-refractivity contribution in [1.29, 1.82) is 0 Å². The van der Waals surface area contributed by atoms with Crippen LogP contribution >= 0.6 is 0 Å². The van der Waals surface area contributed by atoms with E-state index in [1.807, 2.05) is 0 Å². The molecule has 3 heteroatoms. The number of carbonyl (C=O) groups excluding carboxylic acids is 1. The Morgan fingerprint density at radius 1 is 1.31 bits per heavy atom. The molecule has 0 aromatic heterocycles. The lowest BCUT2D eigenvalue weighted by atomic mass is 9.82. The van der Waals surface area contributed by atoms with Crippen LogP contribution in [-0.2, 0) is 4.79 Å². The molecule has 16 heavy (non-hydrogen) atoms. The fourth-order valence-electron chi connectivity index (χ4n) is 3.28. The van der Waals surface area contributed by atoms with Crippen molar-refractivity contribution in [2.24, 2.45) is 11.1 Å². The molecule has 2 aliphatic carbocycles. The highest BCUT2D eigenvalue weighted by Gasteiger charge is 2.40. The maximum atomic E-state index is 12.3. The van der Waals surface area contributed by atoms with Crippen molar-refractivity contribution in [1.82, 2.24) is 5.32 Å². The highest BCUT2D eigenvalue weighted by Crippen LogP contribution is 2.41. The summed E-state index contributed by atoms with van der Waals surface area (Å²) in [4.78, 5) is 12.3. The average Bonchev–Trinajstić information content (AvgIpc) is 2.89. The van der Waals surface area contributed by atoms with Crippen LogP contribution in [0.25, 0.3) is 0 Å². The zero-order chi connectivity index (χ0) is 11.6. The molecule has 2 aliphatic rings. The van der Waals surface area contributed by atoms with Gasteiger partial charge < -0.3 is 11.1 Å². The van der Waals surface area contributed by atoms with E-state index >= 15 is 0 Å². The first-order valence-electron chi connectivity index (χ1n) is 6.74. The monoisotopic (exact) mass is 224 g/mol. The van der Waals surface area contributed by atoms with Crippen molar-refractivity contribution in [3.63, 3.8) is 0 Å². The standard InChI is InChI=1S/C13H24N2O/c1-2-13(8-3-4-9-13)12(16)15-11-7-5-6-10(11)14/h10-11H,2-9,14H2,1H3,(H,15,16). The Labute approximate surface area is 98.2 Å². The quantitative estimate of drug-likeness (QED) is 0.770. The Hall–Kier alpha value is -0.570. The van der Waals surface area contributed by atoms with E-state index in [0.29, 0.717) is 0 Å². The lowest BCUT2D eigenvalue weighted by molar-refractivity contribution is -0.131. The molecular weight excluding hydrogens is 200 g/mol. The molecule has 0 aromatic rings. The Balaban J connectivity index is 1.96. The lowest BCUT2D eigenvalue weighted by Gasteiger charge is -2.29. The molecule has 2 saturated carbocycles. The van der Waals surface area contributed by atoms with Gasteiger partial charge in [0.1, 0.15) is 0 Å². The maximum Gasteiger partial charge on any atom is 0.226 e. The first-order chi connectivity index (χ1) is 7.68. The maximum absolute atomic E-state index is 12.3. The van der Waals surface area contributed by atoms with Crippen LogP contribution in [0.5, 0.6) is 0 Å². The van der Waals surface area contributed by atoms with Gasteiger partial charge in [0.25, 0.3) is 0 Å². The second-order valence-corrected chi connectivity index (χ2v) is 5.52. The summed E-state index contributed by atoms with van der Waals surface area (Å²) in [6.07, 6.45) is 8.80. The molecule has 2 unspecified atom stereocenters. The molecule has 0 saturated heterocycles. The lowest BCUT2D eigenvalue weighted by Crippen LogP contribution is -2.49. The number of nitrogens with one attached hydrogen (secondary N) is 1. The van der Waals surface area contributed by atoms with E-state index in [4.69, 9.17) is 5.73 Å². The molecule has 0 aromatic carbocycles. The Kier molecular flexibility index (Phi) is 3.53. The zero-order valence-electron chi connectivity index (χ0n) is 10.3. The molecule has 0 bridgehead atoms. The fourth-order valence-corrected chi connectivity index (χ4v) is 3.28. The third-order valence-electron chi connectivity index (χ3n) is 4.61. The number of nitrogens with two attached hydrogens (primary N) is 1. The van der Waals surface area contributed by atoms with E-state index in [1.54, 1.807) is 0 Å². The minimum atomic E-state index is -0.0672. The van der Waals surface area contributed by atoms with Gasteiger partial charge in [-0.3, -0.25) is 4.79 Å². The molecule has 2 fully saturated rings. The summed E-state index contributed by atoms with van der Waals surface area (Å²) in [5.41, 5.74) is 5.93. The minimum Gasteiger partial charge on any atom is -0.351 e. The van der Waals surface area contributed by atoms with Gasteiger partial charge in [-0.2, -0.15) is 0 Å². The van der Waals surface area contributed by atoms with Crippen LogP contribution in [0.15, 0.2) is 0 Å². The van der Waals surface area contributed by atoms with E-state index in [-0.39, 0.29) is 23.4 Å². The van der Waals surface area contributed by atoms with E-state index < -0.39 is 0 Å². The summed E-state index contributed by atoms with van der Waals surface area (Å²) in [6, 6.07) is 0.413. The third-order valence-corrected chi connectivity index (χ3v) is 4.61. The summed E-state index contributed by atoms with van der Waals surface area (Å²) in [7, 11) is 0. The SMILES string of the molecule is CCC1(C(=O)NC2CCCC2N)CCCC1. The second kappa shape index (κ2) is 4.74. The normalized spacial score (nSPS) is 32.9. The van der Waals surface area contributed by atoms with Gasteiger partial charge >= 0.3 is 0 Å². The molecule has 0 spiro atoms. The molecule has 2 atom stereocenters. The minimum absolute atomic E-state index is 0.0672. The van der Waals surface area contributed by atoms with Gasteiger partial charge in [-0.25, -0.2) is 0 Å². The highest BCUT2D eigenvalue weighted by molar-refractivity contribution is 5.83. The average molecular weight is 224 g/mol. The van der Waals surface area contributed by atoms with E-state index in [9.17, 15) is 4.79 Å². The highest BCUT2D eigenvalue weighted by atomic mass is 16.2. The van der Waals surface area contributed by atoms with Crippen LogP contribution < -0.4 is 11.1 Å². The predicted octanol–water partition coefficient (Wildman–Crippen LogP) is 1.95. The molecule has 0 radical (unpaired) electrons. The Morgan fingerprint density at radius 2 is 2.00 bits per heavy atom. The summed E-state index contributed by atoms with van der Waals surface area (Å²) >= 11 is 0. The molecule has 2 rings (SSSR count). The van der Waals surface area contributed by atoms with Gasteiger partial charge in [0.2, 0.25) is 5.91 Å². The molecule has 3 nitrogen and oxygen atoms in total. The van der Waals surface area contributed by atoms with Crippen LogP contribution in [0.4, 0.5) is 0 Å². The van der Waals surface area contributed by atoms with E-state index in [2.05, 4.69) is 12.2 Å². The number of amides is 1. The second-order valence-electron chi connectivity index (χ2n) is 5.52. The first-order valence-corrected chi connectivity index (χ1v) is 6.74. The zero-order valence-corrected chi connectivity index (χ0v) is 10.3. The number of hydrogen-bond donors (Lipinski definition) is 2. The van der Waals surface area contributed by atoms with Gasteiger partial charge in [0.05, 0.1) is 0 Å². The van der Waals surface area contributed by atoms with E-state index in [0.717, 1.165) is 38.5 Å². The predicted molar refractivity (Wildman–Crippen MR) is 64.9 cm³/mol. The van der Waals surface area contributed by atoms with Crippen LogP contribution in [0.2, 0.25) is 0 Å². The summed E-state index contributed by atoms with van der Waals surface area (Å²) in [5.74, 6) is 0.273. The van der Waals surface area contributed by atoms with Crippen molar-refractivity contribution in [3.05, 3.63) is 0 Å². The molecule has 1 amide bonds. The number of carbonyl (C=O) groups is 1. The van der Waals surface area contributed by atoms with Crippen LogP contribution in [-0.4, -0.2) is 18.0 Å². The van der Waals surface area contributed by atoms with Crippen molar-refractivity contribution in [2.75, 3.05) is 0 Å². The third kappa shape index (κ3) is 2.10. The van der Waals surface area contributed by atoms with Gasteiger partial charge in [0.15, 0.2) is 0 Å². The number of rotatable bonds is 3. The molecule has 0 heterocycles. The largest absolute Gasteiger partial charge is 0.351 e. The van der Waals surface area contributed by atoms with E-state index in [1.165, 1.54) is 12.8 Å². The first kappa shape index (κ1) is 11.9. The van der Waals surface area contributed by atoms with Crippen LogP contribution in [0.1, 0.15) is 58.3 Å². The van der Waals surface area contributed by atoms with Crippen molar-refractivity contribution >= 4 is 5.91 Å². The van der Waals surface area contributed by atoms with Crippen molar-refractivity contribution < 1.29 is 4.79 Å². The summed E-state index contributed by atoms with van der Waals surface area (Å²) in [5, 5.41) is 3.20. The molecular formula is C13H24N2O. The topological polar surface area (TPSA) is 55.1 Å². The van der Waals surface area contributed by atoms with Crippen LogP contribution in [0.3, 0.4) is 0 Å². The Morgan fingerprint density at radius 3 is 2.50 bits per heavy atom. The molecule has 92 valence electrons. The van der Waals surface area contributed by atoms with Crippen LogP contribution in [0, 0.1) is 5.41 Å². The summed E-state index contributed by atoms with van der Waals surface area (Å²) < 4.78 is 0. The molecule has 0 aliphatic heterocycles. The fraction of sp³-hybridized carbons (Fsp3) is 0.923. The summed E-state index contributed by atoms with van der Waals surface area (Å²) in [6.45, 7) is 2.14. The molecule has 3 N–H and O–H groups in total. The van der Waals surface area contributed by atoms with Crippen molar-refractivity contribution in [3.8, 4) is 0 Å². The van der Waals surface area contributed by atoms with Gasteiger partial charge in [-0.05, 0) is 38.5 Å². The van der Waals surface area contributed by atoms with Gasteiger partial charge in [0, 0.05) is 17.5 Å². The Bertz CT molecular complexity index is 259. The smallest absolute Gasteiger partial charge is 0.226 e. The van der Waals surface area contributed by atoms with Gasteiger partial charge in [-0.15, -0.1) is 0 Å². The number of hydrogen-bond acceptors (Lipinski definition) is 2. The van der Waals surface area contributed by atoms with Crippen molar-refractivity contribution in [2.45, 2.75) is 70.4 Å².